The van der Waals surface area contributed by atoms with Crippen LogP contribution in [0.5, 0.6) is 0 Å². The minimum absolute atomic E-state index is 0.143. The number of methoxy groups -OCH3 is 1. The zero-order valence-corrected chi connectivity index (χ0v) is 10.1. The van der Waals surface area contributed by atoms with Crippen LogP contribution in [-0.2, 0) is 14.3 Å². The number of primary amides is 1. The molecule has 0 aromatic carbocycles. The molecule has 0 aromatic rings. The van der Waals surface area contributed by atoms with E-state index in [1.165, 1.54) is 12.0 Å². The average molecular weight is 259 g/mol. The first kappa shape index (κ1) is 14.2. The number of ether oxygens (including phenoxy) is 1. The maximum atomic E-state index is 11.8. The van der Waals surface area contributed by atoms with Crippen LogP contribution in [0.1, 0.15) is 12.8 Å². The molecule has 1 saturated heterocycles. The number of amides is 3. The van der Waals surface area contributed by atoms with Crippen molar-refractivity contribution < 1.29 is 24.2 Å². The van der Waals surface area contributed by atoms with Crippen LogP contribution in [0.15, 0.2) is 0 Å². The van der Waals surface area contributed by atoms with Gasteiger partial charge in [-0.25, -0.2) is 9.59 Å². The molecule has 0 radical (unpaired) electrons. The molecule has 1 aliphatic heterocycles. The number of rotatable bonds is 5. The Kier molecular flexibility index (Phi) is 4.90. The monoisotopic (exact) mass is 259 g/mol. The summed E-state index contributed by atoms with van der Waals surface area (Å²) in [4.78, 5) is 35.1. The number of nitrogens with one attached hydrogen (secondary N) is 1. The van der Waals surface area contributed by atoms with Crippen molar-refractivity contribution in [1.82, 2.24) is 10.2 Å². The van der Waals surface area contributed by atoms with Gasteiger partial charge in [0.15, 0.2) is 6.04 Å². The third-order valence-corrected chi connectivity index (χ3v) is 2.77. The van der Waals surface area contributed by atoms with Crippen molar-refractivity contribution in [3.63, 3.8) is 0 Å². The Labute approximate surface area is 104 Å². The van der Waals surface area contributed by atoms with E-state index >= 15 is 0 Å². The van der Waals surface area contributed by atoms with Crippen molar-refractivity contribution in [2.24, 2.45) is 5.73 Å². The predicted octanol–water partition coefficient (Wildman–Crippen LogP) is -1.25. The number of nitrogens with two attached hydrogens (primary N) is 1. The molecule has 0 bridgehead atoms. The summed E-state index contributed by atoms with van der Waals surface area (Å²) in [5, 5.41) is 11.2. The summed E-state index contributed by atoms with van der Waals surface area (Å²) < 4.78 is 4.70. The largest absolute Gasteiger partial charge is 0.480 e. The van der Waals surface area contributed by atoms with Crippen molar-refractivity contribution in [3.8, 4) is 0 Å². The Bertz CT molecular complexity index is 346. The number of hydrogen-bond acceptors (Lipinski definition) is 4. The topological polar surface area (TPSA) is 122 Å². The van der Waals surface area contributed by atoms with Gasteiger partial charge in [-0.3, -0.25) is 4.79 Å². The van der Waals surface area contributed by atoms with E-state index in [1.807, 2.05) is 0 Å². The highest BCUT2D eigenvalue weighted by atomic mass is 16.5. The van der Waals surface area contributed by atoms with Gasteiger partial charge in [0.05, 0.1) is 6.61 Å². The normalized spacial score (nSPS) is 20.5. The lowest BCUT2D eigenvalue weighted by molar-refractivity contribution is -0.140. The lowest BCUT2D eigenvalue weighted by atomic mass is 10.2. The van der Waals surface area contributed by atoms with E-state index < -0.39 is 30.0 Å². The van der Waals surface area contributed by atoms with Gasteiger partial charge in [-0.2, -0.15) is 0 Å². The summed E-state index contributed by atoms with van der Waals surface area (Å²) in [5.74, 6) is -1.78. The predicted molar refractivity (Wildman–Crippen MR) is 60.8 cm³/mol. The number of urea groups is 1. The average Bonchev–Trinajstić information content (AvgIpc) is 2.77. The number of aliphatic carboxylic acids is 1. The lowest BCUT2D eigenvalue weighted by Gasteiger charge is -2.24. The van der Waals surface area contributed by atoms with Crippen LogP contribution in [0.2, 0.25) is 0 Å². The van der Waals surface area contributed by atoms with E-state index in [0.29, 0.717) is 19.4 Å². The molecule has 1 fully saturated rings. The molecule has 1 aliphatic rings. The number of likely N-dealkylation sites (tertiary alicyclic amines) is 1. The number of carboxylic acids is 1. The van der Waals surface area contributed by atoms with Crippen molar-refractivity contribution in [2.75, 3.05) is 20.3 Å². The first-order chi connectivity index (χ1) is 8.47. The number of nitrogens with zero attached hydrogens (tertiary/aromatic N) is 1. The smallest absolute Gasteiger partial charge is 0.328 e. The van der Waals surface area contributed by atoms with Gasteiger partial charge in [-0.15, -0.1) is 0 Å². The Balaban J connectivity index is 2.63. The van der Waals surface area contributed by atoms with Gasteiger partial charge < -0.3 is 25.8 Å². The van der Waals surface area contributed by atoms with Crippen LogP contribution in [0, 0.1) is 0 Å². The Morgan fingerprint density at radius 2 is 2.22 bits per heavy atom. The van der Waals surface area contributed by atoms with Gasteiger partial charge in [0, 0.05) is 13.7 Å². The summed E-state index contributed by atoms with van der Waals surface area (Å²) in [6, 6.07) is -2.42. The molecule has 1 rings (SSSR count). The molecule has 0 aliphatic carbocycles. The maximum absolute atomic E-state index is 11.8. The van der Waals surface area contributed by atoms with Gasteiger partial charge in [-0.05, 0) is 12.8 Å². The number of carbonyl (C=O) groups excluding carboxylic acids is 2. The molecule has 3 amide bonds. The zero-order chi connectivity index (χ0) is 13.7. The Morgan fingerprint density at radius 1 is 1.56 bits per heavy atom. The molecule has 4 N–H and O–H groups in total. The first-order valence-electron chi connectivity index (χ1n) is 5.55. The number of hydrogen-bond donors (Lipinski definition) is 3. The van der Waals surface area contributed by atoms with Crippen LogP contribution in [0.4, 0.5) is 4.79 Å². The van der Waals surface area contributed by atoms with Crippen LogP contribution >= 0.6 is 0 Å². The molecule has 2 unspecified atom stereocenters. The summed E-state index contributed by atoms with van der Waals surface area (Å²) in [7, 11) is 1.34. The van der Waals surface area contributed by atoms with E-state index in [-0.39, 0.29) is 6.61 Å². The first-order valence-corrected chi connectivity index (χ1v) is 5.55. The molecule has 18 heavy (non-hydrogen) atoms. The molecular weight excluding hydrogens is 242 g/mol. The minimum Gasteiger partial charge on any atom is -0.480 e. The van der Waals surface area contributed by atoms with Crippen molar-refractivity contribution >= 4 is 17.9 Å². The highest BCUT2D eigenvalue weighted by Gasteiger charge is 2.34. The van der Waals surface area contributed by atoms with E-state index in [1.54, 1.807) is 0 Å². The molecule has 8 nitrogen and oxygen atoms in total. The van der Waals surface area contributed by atoms with Gasteiger partial charge in [0.2, 0.25) is 5.91 Å². The fraction of sp³-hybridized carbons (Fsp3) is 0.700. The second-order valence-electron chi connectivity index (χ2n) is 4.05. The number of carbonyl (C=O) groups is 3. The highest BCUT2D eigenvalue weighted by Crippen LogP contribution is 2.16. The van der Waals surface area contributed by atoms with Gasteiger partial charge in [-0.1, -0.05) is 0 Å². The van der Waals surface area contributed by atoms with Crippen LogP contribution in [0.25, 0.3) is 0 Å². The van der Waals surface area contributed by atoms with E-state index in [4.69, 9.17) is 15.6 Å². The summed E-state index contributed by atoms with van der Waals surface area (Å²) in [6.45, 7) is 0.245. The second kappa shape index (κ2) is 6.20. The molecular formula is C10H17N3O5. The lowest BCUT2D eigenvalue weighted by Crippen LogP contribution is -2.53. The van der Waals surface area contributed by atoms with Gasteiger partial charge in [0.25, 0.3) is 0 Å². The number of carboxylic acid groups (broad SMARTS) is 1. The third kappa shape index (κ3) is 3.33. The third-order valence-electron chi connectivity index (χ3n) is 2.77. The fourth-order valence-corrected chi connectivity index (χ4v) is 1.88. The van der Waals surface area contributed by atoms with Crippen molar-refractivity contribution in [2.45, 2.75) is 24.9 Å². The molecule has 8 heteroatoms. The van der Waals surface area contributed by atoms with Crippen LogP contribution in [0.3, 0.4) is 0 Å². The summed E-state index contributed by atoms with van der Waals surface area (Å²) in [5.41, 5.74) is 5.17. The SMILES string of the molecule is COCC(NC(=O)N1CCCC1C(N)=O)C(=O)O. The fourth-order valence-electron chi connectivity index (χ4n) is 1.88. The van der Waals surface area contributed by atoms with E-state index in [0.717, 1.165) is 0 Å². The summed E-state index contributed by atoms with van der Waals surface area (Å²) in [6.07, 6.45) is 1.17. The Hall–Kier alpha value is -1.83. The minimum atomic E-state index is -1.19. The maximum Gasteiger partial charge on any atom is 0.328 e. The van der Waals surface area contributed by atoms with E-state index in [9.17, 15) is 14.4 Å². The van der Waals surface area contributed by atoms with E-state index in [2.05, 4.69) is 5.32 Å². The molecule has 102 valence electrons. The standard InChI is InChI=1S/C10H17N3O5/c1-18-5-6(9(15)16)12-10(17)13-4-2-3-7(13)8(11)14/h6-7H,2-5H2,1H3,(H2,11,14)(H,12,17)(H,15,16). The van der Waals surface area contributed by atoms with Crippen LogP contribution in [-0.4, -0.2) is 60.3 Å². The molecule has 0 saturated carbocycles. The van der Waals surface area contributed by atoms with Crippen molar-refractivity contribution in [3.05, 3.63) is 0 Å². The zero-order valence-electron chi connectivity index (χ0n) is 10.1. The highest BCUT2D eigenvalue weighted by molar-refractivity contribution is 5.88. The van der Waals surface area contributed by atoms with Gasteiger partial charge >= 0.3 is 12.0 Å². The summed E-state index contributed by atoms with van der Waals surface area (Å²) >= 11 is 0. The van der Waals surface area contributed by atoms with Crippen molar-refractivity contribution in [1.29, 1.82) is 0 Å². The van der Waals surface area contributed by atoms with Crippen LogP contribution < -0.4 is 11.1 Å². The molecule has 0 spiro atoms. The quantitative estimate of drug-likeness (QED) is 0.569. The molecule has 1 heterocycles. The Morgan fingerprint density at radius 3 is 2.72 bits per heavy atom. The van der Waals surface area contributed by atoms with Gasteiger partial charge in [0.1, 0.15) is 6.04 Å². The molecule has 2 atom stereocenters. The molecule has 0 aromatic heterocycles. The second-order valence-corrected chi connectivity index (χ2v) is 4.05.